The highest BCUT2D eigenvalue weighted by Gasteiger charge is 2.25. The number of hydrogen-bond acceptors (Lipinski definition) is 3. The normalized spacial score (nSPS) is 12.3. The van der Waals surface area contributed by atoms with Gasteiger partial charge in [-0.1, -0.05) is 78.9 Å². The molecule has 0 atom stereocenters. The van der Waals surface area contributed by atoms with E-state index in [0.717, 1.165) is 66.0 Å². The van der Waals surface area contributed by atoms with Crippen LogP contribution < -0.4 is 0 Å². The van der Waals surface area contributed by atoms with Crippen LogP contribution in [-0.2, 0) is 0 Å². The van der Waals surface area contributed by atoms with Gasteiger partial charge in [0.2, 0.25) is 0 Å². The molecular weight excluding hydrogens is 562 g/mol. The third-order valence-corrected chi connectivity index (χ3v) is 9.97. The lowest BCUT2D eigenvalue weighted by Gasteiger charge is -2.15. The van der Waals surface area contributed by atoms with Gasteiger partial charge in [-0.25, -0.2) is 0 Å². The molecule has 7 aromatic carbocycles. The molecule has 11 aromatic rings. The lowest BCUT2D eigenvalue weighted by Crippen LogP contribution is -2.04. The SMILES string of the molecule is N#Cc1c(-n2c3cccc4c5ccccc5c5cccc2c5c43)cccc1-n1c2ccnc3c4ccccc4c4nccc1c4c32. The van der Waals surface area contributed by atoms with Crippen molar-refractivity contribution in [3.8, 4) is 17.4 Å². The van der Waals surface area contributed by atoms with E-state index < -0.39 is 0 Å². The second-order valence-corrected chi connectivity index (χ2v) is 12.1. The van der Waals surface area contributed by atoms with E-state index in [9.17, 15) is 5.26 Å². The number of pyridine rings is 2. The maximum atomic E-state index is 11.0. The van der Waals surface area contributed by atoms with Crippen LogP contribution in [0, 0.1) is 11.3 Å². The number of aromatic nitrogens is 4. The third-order valence-electron chi connectivity index (χ3n) is 9.97. The summed E-state index contributed by atoms with van der Waals surface area (Å²) in [5.41, 5.74) is 8.42. The first-order valence-corrected chi connectivity index (χ1v) is 15.4. The molecule has 0 aliphatic rings. The summed E-state index contributed by atoms with van der Waals surface area (Å²) in [7, 11) is 0. The molecule has 0 radical (unpaired) electrons. The van der Waals surface area contributed by atoms with Gasteiger partial charge in [0, 0.05) is 44.7 Å². The fourth-order valence-electron chi connectivity index (χ4n) is 8.25. The molecule has 0 amide bonds. The van der Waals surface area contributed by atoms with Crippen LogP contribution in [0.25, 0.3) is 98.3 Å². The minimum absolute atomic E-state index is 0.612. The van der Waals surface area contributed by atoms with Crippen molar-refractivity contribution < 1.29 is 0 Å². The van der Waals surface area contributed by atoms with Crippen LogP contribution in [-0.4, -0.2) is 19.1 Å². The van der Waals surface area contributed by atoms with Gasteiger partial charge in [-0.3, -0.25) is 9.97 Å². The lowest BCUT2D eigenvalue weighted by molar-refractivity contribution is 1.12. The quantitative estimate of drug-likeness (QED) is 0.190. The van der Waals surface area contributed by atoms with Gasteiger partial charge in [-0.05, 0) is 57.9 Å². The Morgan fingerprint density at radius 1 is 0.413 bits per heavy atom. The number of nitriles is 1. The molecule has 0 aliphatic heterocycles. The molecule has 5 heteroatoms. The fourth-order valence-corrected chi connectivity index (χ4v) is 8.25. The summed E-state index contributed by atoms with van der Waals surface area (Å²) in [6.45, 7) is 0. The van der Waals surface area contributed by atoms with Crippen molar-refractivity contribution in [2.24, 2.45) is 0 Å². The zero-order valence-electron chi connectivity index (χ0n) is 24.4. The lowest BCUT2D eigenvalue weighted by atomic mass is 9.95. The highest BCUT2D eigenvalue weighted by molar-refractivity contribution is 6.35. The first kappa shape index (κ1) is 23.9. The molecule has 46 heavy (non-hydrogen) atoms. The van der Waals surface area contributed by atoms with Gasteiger partial charge in [0.15, 0.2) is 0 Å². The Hall–Kier alpha value is -6.51. The Morgan fingerprint density at radius 3 is 1.30 bits per heavy atom. The van der Waals surface area contributed by atoms with Crippen LogP contribution in [0.4, 0.5) is 0 Å². The summed E-state index contributed by atoms with van der Waals surface area (Å²) in [4.78, 5) is 9.73. The van der Waals surface area contributed by atoms with Gasteiger partial charge in [0.1, 0.15) is 11.6 Å². The van der Waals surface area contributed by atoms with E-state index in [1.807, 2.05) is 12.4 Å². The number of rotatable bonds is 2. The van der Waals surface area contributed by atoms with Gasteiger partial charge in [-0.15, -0.1) is 0 Å². The highest BCUT2D eigenvalue weighted by atomic mass is 15.0. The van der Waals surface area contributed by atoms with Crippen LogP contribution >= 0.6 is 0 Å². The highest BCUT2D eigenvalue weighted by Crippen LogP contribution is 2.46. The average molecular weight is 584 g/mol. The summed E-state index contributed by atoms with van der Waals surface area (Å²) in [5, 5.41) is 22.7. The van der Waals surface area contributed by atoms with E-state index in [1.165, 1.54) is 32.3 Å². The molecule has 0 unspecified atom stereocenters. The Kier molecular flexibility index (Phi) is 4.34. The first-order chi connectivity index (χ1) is 22.8. The van der Waals surface area contributed by atoms with Gasteiger partial charge < -0.3 is 9.13 Å². The number of hydrogen-bond donors (Lipinski definition) is 0. The topological polar surface area (TPSA) is 59.4 Å². The molecule has 0 spiro atoms. The molecule has 0 N–H and O–H groups in total. The largest absolute Gasteiger partial charge is 0.308 e. The number of nitrogens with zero attached hydrogens (tertiary/aromatic N) is 5. The maximum absolute atomic E-state index is 11.0. The summed E-state index contributed by atoms with van der Waals surface area (Å²) < 4.78 is 4.51. The summed E-state index contributed by atoms with van der Waals surface area (Å²) in [5.74, 6) is 0. The molecule has 0 saturated heterocycles. The van der Waals surface area contributed by atoms with Gasteiger partial charge in [0.25, 0.3) is 0 Å². The standard InChI is InChI=1S/C41H21N5/c42-22-29-30(45-32-16-5-12-25-23-8-1-2-9-24(23)26-13-6-17-33(45)37(26)36(25)32)14-7-15-31(29)46-34-18-20-43-40-27-10-3-4-11-28(27)41-39(38(34)40)35(46)19-21-44-41/h1-21H. The van der Waals surface area contributed by atoms with E-state index in [4.69, 9.17) is 9.97 Å². The zero-order chi connectivity index (χ0) is 30.1. The van der Waals surface area contributed by atoms with E-state index in [-0.39, 0.29) is 0 Å². The Bertz CT molecular complexity index is 2720. The molecule has 0 saturated carbocycles. The molecule has 0 fully saturated rings. The van der Waals surface area contributed by atoms with Crippen molar-refractivity contribution in [2.75, 3.05) is 0 Å². The zero-order valence-corrected chi connectivity index (χ0v) is 24.4. The predicted molar refractivity (Wildman–Crippen MR) is 188 cm³/mol. The van der Waals surface area contributed by atoms with E-state index in [0.29, 0.717) is 5.56 Å². The smallest absolute Gasteiger partial charge is 0.104 e. The predicted octanol–water partition coefficient (Wildman–Crippen LogP) is 10.0. The van der Waals surface area contributed by atoms with Crippen molar-refractivity contribution in [1.29, 1.82) is 5.26 Å². The van der Waals surface area contributed by atoms with Crippen molar-refractivity contribution in [3.05, 3.63) is 133 Å². The molecule has 5 nitrogen and oxygen atoms in total. The molecule has 0 bridgehead atoms. The maximum Gasteiger partial charge on any atom is 0.104 e. The fraction of sp³-hybridized carbons (Fsp3) is 0. The van der Waals surface area contributed by atoms with E-state index in [1.54, 1.807) is 0 Å². The minimum Gasteiger partial charge on any atom is -0.308 e. The summed E-state index contributed by atoms with van der Waals surface area (Å²) in [6.07, 6.45) is 3.75. The second kappa shape index (κ2) is 8.35. The minimum atomic E-state index is 0.612. The molecular formula is C41H21N5. The van der Waals surface area contributed by atoms with E-state index in [2.05, 4.69) is 130 Å². The number of fused-ring (bicyclic) bond motifs is 6. The number of benzene rings is 7. The Labute approximate surface area is 261 Å². The monoisotopic (exact) mass is 583 g/mol. The van der Waals surface area contributed by atoms with Gasteiger partial charge >= 0.3 is 0 Å². The van der Waals surface area contributed by atoms with Gasteiger partial charge in [0.05, 0.1) is 44.5 Å². The summed E-state index contributed by atoms with van der Waals surface area (Å²) in [6, 6.07) is 43.0. The van der Waals surface area contributed by atoms with Crippen molar-refractivity contribution in [1.82, 2.24) is 19.1 Å². The van der Waals surface area contributed by atoms with Crippen LogP contribution in [0.3, 0.4) is 0 Å². The third kappa shape index (κ3) is 2.72. The molecule has 11 rings (SSSR count). The van der Waals surface area contributed by atoms with Gasteiger partial charge in [-0.2, -0.15) is 5.26 Å². The second-order valence-electron chi connectivity index (χ2n) is 12.1. The molecule has 4 heterocycles. The van der Waals surface area contributed by atoms with Crippen LogP contribution in [0.2, 0.25) is 0 Å². The molecule has 0 aliphatic carbocycles. The van der Waals surface area contributed by atoms with Crippen LogP contribution in [0.15, 0.2) is 128 Å². The molecule has 210 valence electrons. The summed E-state index contributed by atoms with van der Waals surface area (Å²) >= 11 is 0. The average Bonchev–Trinajstić information content (AvgIpc) is 3.64. The van der Waals surface area contributed by atoms with Crippen molar-refractivity contribution >= 4 is 87.0 Å². The Morgan fingerprint density at radius 2 is 0.826 bits per heavy atom. The van der Waals surface area contributed by atoms with Crippen molar-refractivity contribution in [2.45, 2.75) is 0 Å². The van der Waals surface area contributed by atoms with Crippen molar-refractivity contribution in [3.63, 3.8) is 0 Å². The van der Waals surface area contributed by atoms with Crippen LogP contribution in [0.5, 0.6) is 0 Å². The Balaban J connectivity index is 1.30. The first-order valence-electron chi connectivity index (χ1n) is 15.4. The van der Waals surface area contributed by atoms with E-state index >= 15 is 0 Å². The molecule has 4 aromatic heterocycles. The van der Waals surface area contributed by atoms with Crippen LogP contribution in [0.1, 0.15) is 5.56 Å².